The van der Waals surface area contributed by atoms with Crippen LogP contribution < -0.4 is 5.32 Å². The molecule has 0 spiro atoms. The van der Waals surface area contributed by atoms with Crippen molar-refractivity contribution in [3.05, 3.63) is 35.4 Å². The minimum Gasteiger partial charge on any atom is -0.396 e. The molecule has 1 aliphatic rings. The Balaban J connectivity index is 1.92. The SMILES string of the molecule is CNC(CCN(CCCO)C1CCC1)c1ccccc1C. The van der Waals surface area contributed by atoms with Crippen LogP contribution in [0.25, 0.3) is 0 Å². The van der Waals surface area contributed by atoms with Crippen LogP contribution in [0.1, 0.15) is 49.3 Å². The molecule has 118 valence electrons. The highest BCUT2D eigenvalue weighted by molar-refractivity contribution is 5.28. The molecule has 3 heteroatoms. The van der Waals surface area contributed by atoms with E-state index in [-0.39, 0.29) is 0 Å². The molecule has 0 aliphatic heterocycles. The van der Waals surface area contributed by atoms with Crippen LogP contribution in [-0.4, -0.2) is 42.8 Å². The van der Waals surface area contributed by atoms with Crippen LogP contribution in [0.4, 0.5) is 0 Å². The molecule has 0 radical (unpaired) electrons. The van der Waals surface area contributed by atoms with Gasteiger partial charge >= 0.3 is 0 Å². The molecule has 1 fully saturated rings. The van der Waals surface area contributed by atoms with E-state index in [1.165, 1.54) is 30.4 Å². The van der Waals surface area contributed by atoms with Crippen LogP contribution in [0.5, 0.6) is 0 Å². The topological polar surface area (TPSA) is 35.5 Å². The molecule has 0 amide bonds. The van der Waals surface area contributed by atoms with Crippen molar-refractivity contribution in [3.63, 3.8) is 0 Å². The highest BCUT2D eigenvalue weighted by atomic mass is 16.3. The van der Waals surface area contributed by atoms with Crippen molar-refractivity contribution in [1.29, 1.82) is 0 Å². The lowest BCUT2D eigenvalue weighted by Crippen LogP contribution is -2.42. The molecule has 0 bridgehead atoms. The number of benzene rings is 1. The molecule has 2 N–H and O–H groups in total. The van der Waals surface area contributed by atoms with E-state index in [1.54, 1.807) is 0 Å². The fraction of sp³-hybridized carbons (Fsp3) is 0.667. The van der Waals surface area contributed by atoms with Gasteiger partial charge in [-0.2, -0.15) is 0 Å². The van der Waals surface area contributed by atoms with Crippen LogP contribution >= 0.6 is 0 Å². The van der Waals surface area contributed by atoms with Gasteiger partial charge in [0.05, 0.1) is 0 Å². The van der Waals surface area contributed by atoms with E-state index in [0.717, 1.165) is 32.0 Å². The highest BCUT2D eigenvalue weighted by Gasteiger charge is 2.25. The Hall–Kier alpha value is -0.900. The first-order valence-electron chi connectivity index (χ1n) is 8.34. The summed E-state index contributed by atoms with van der Waals surface area (Å²) in [6.07, 6.45) is 6.06. The lowest BCUT2D eigenvalue weighted by Gasteiger charge is -2.38. The van der Waals surface area contributed by atoms with E-state index in [4.69, 9.17) is 5.11 Å². The molecular formula is C18H30N2O. The Labute approximate surface area is 129 Å². The molecule has 0 aromatic heterocycles. The van der Waals surface area contributed by atoms with Gasteiger partial charge in [0, 0.05) is 31.8 Å². The normalized spacial score (nSPS) is 17.0. The lowest BCUT2D eigenvalue weighted by atomic mass is 9.90. The third-order valence-corrected chi connectivity index (χ3v) is 4.81. The highest BCUT2D eigenvalue weighted by Crippen LogP contribution is 2.27. The summed E-state index contributed by atoms with van der Waals surface area (Å²) in [7, 11) is 2.05. The van der Waals surface area contributed by atoms with Crippen molar-refractivity contribution in [2.24, 2.45) is 0 Å². The molecule has 1 aromatic carbocycles. The molecule has 3 nitrogen and oxygen atoms in total. The van der Waals surface area contributed by atoms with Gasteiger partial charge in [-0.3, -0.25) is 0 Å². The monoisotopic (exact) mass is 290 g/mol. The van der Waals surface area contributed by atoms with Gasteiger partial charge in [0.25, 0.3) is 0 Å². The van der Waals surface area contributed by atoms with Crippen LogP contribution in [0.2, 0.25) is 0 Å². The summed E-state index contributed by atoms with van der Waals surface area (Å²) < 4.78 is 0. The van der Waals surface area contributed by atoms with Gasteiger partial charge in [0.2, 0.25) is 0 Å². The Kier molecular flexibility index (Phi) is 6.68. The summed E-state index contributed by atoms with van der Waals surface area (Å²) in [6.45, 7) is 4.64. The number of rotatable bonds is 9. The largest absolute Gasteiger partial charge is 0.396 e. The maximum atomic E-state index is 9.09. The number of aryl methyl sites for hydroxylation is 1. The van der Waals surface area contributed by atoms with E-state index < -0.39 is 0 Å². The van der Waals surface area contributed by atoms with E-state index in [1.807, 2.05) is 0 Å². The Morgan fingerprint density at radius 1 is 1.29 bits per heavy atom. The zero-order chi connectivity index (χ0) is 15.1. The second-order valence-electron chi connectivity index (χ2n) is 6.18. The van der Waals surface area contributed by atoms with E-state index >= 15 is 0 Å². The average Bonchev–Trinajstić information content (AvgIpc) is 2.44. The number of aliphatic hydroxyl groups excluding tert-OH is 1. The van der Waals surface area contributed by atoms with Crippen LogP contribution in [0.15, 0.2) is 24.3 Å². The summed E-state index contributed by atoms with van der Waals surface area (Å²) in [5.74, 6) is 0. The quantitative estimate of drug-likeness (QED) is 0.734. The average molecular weight is 290 g/mol. The predicted molar refractivity (Wildman–Crippen MR) is 88.5 cm³/mol. The Morgan fingerprint density at radius 3 is 2.62 bits per heavy atom. The lowest BCUT2D eigenvalue weighted by molar-refractivity contribution is 0.112. The molecule has 1 saturated carbocycles. The molecule has 1 atom stereocenters. The molecular weight excluding hydrogens is 260 g/mol. The molecule has 0 heterocycles. The predicted octanol–water partition coefficient (Wildman–Crippen LogP) is 2.88. The summed E-state index contributed by atoms with van der Waals surface area (Å²) in [6, 6.07) is 9.83. The molecule has 1 aliphatic carbocycles. The number of nitrogens with one attached hydrogen (secondary N) is 1. The smallest absolute Gasteiger partial charge is 0.0443 e. The third kappa shape index (κ3) is 4.53. The zero-order valence-corrected chi connectivity index (χ0v) is 13.5. The summed E-state index contributed by atoms with van der Waals surface area (Å²) in [4.78, 5) is 2.59. The molecule has 1 unspecified atom stereocenters. The number of nitrogens with zero attached hydrogens (tertiary/aromatic N) is 1. The fourth-order valence-corrected chi connectivity index (χ4v) is 3.23. The fourth-order valence-electron chi connectivity index (χ4n) is 3.23. The van der Waals surface area contributed by atoms with Gasteiger partial charge < -0.3 is 15.3 Å². The van der Waals surface area contributed by atoms with E-state index in [0.29, 0.717) is 12.6 Å². The molecule has 2 rings (SSSR count). The van der Waals surface area contributed by atoms with Gasteiger partial charge in [-0.15, -0.1) is 0 Å². The van der Waals surface area contributed by atoms with Gasteiger partial charge in [-0.1, -0.05) is 30.7 Å². The Morgan fingerprint density at radius 2 is 2.05 bits per heavy atom. The second-order valence-corrected chi connectivity index (χ2v) is 6.18. The zero-order valence-electron chi connectivity index (χ0n) is 13.5. The van der Waals surface area contributed by atoms with Crippen molar-refractivity contribution < 1.29 is 5.11 Å². The molecule has 0 saturated heterocycles. The summed E-state index contributed by atoms with van der Waals surface area (Å²) in [5.41, 5.74) is 2.78. The first-order valence-corrected chi connectivity index (χ1v) is 8.34. The minimum atomic E-state index is 0.302. The van der Waals surface area contributed by atoms with Crippen molar-refractivity contribution in [1.82, 2.24) is 10.2 Å². The number of hydrogen-bond acceptors (Lipinski definition) is 3. The van der Waals surface area contributed by atoms with Gasteiger partial charge in [0.1, 0.15) is 0 Å². The van der Waals surface area contributed by atoms with Gasteiger partial charge in [-0.05, 0) is 50.8 Å². The van der Waals surface area contributed by atoms with Crippen LogP contribution in [0.3, 0.4) is 0 Å². The van der Waals surface area contributed by atoms with Crippen LogP contribution in [-0.2, 0) is 0 Å². The summed E-state index contributed by atoms with van der Waals surface area (Å²) in [5, 5.41) is 12.6. The first kappa shape index (κ1) is 16.5. The first-order chi connectivity index (χ1) is 10.3. The second kappa shape index (κ2) is 8.52. The maximum Gasteiger partial charge on any atom is 0.0443 e. The maximum absolute atomic E-state index is 9.09. The summed E-state index contributed by atoms with van der Waals surface area (Å²) >= 11 is 0. The van der Waals surface area contributed by atoms with Crippen molar-refractivity contribution in [3.8, 4) is 0 Å². The van der Waals surface area contributed by atoms with Crippen LogP contribution in [0, 0.1) is 6.92 Å². The van der Waals surface area contributed by atoms with E-state index in [2.05, 4.69) is 48.5 Å². The molecule has 21 heavy (non-hydrogen) atoms. The third-order valence-electron chi connectivity index (χ3n) is 4.81. The minimum absolute atomic E-state index is 0.302. The van der Waals surface area contributed by atoms with Crippen molar-refractivity contribution >= 4 is 0 Å². The van der Waals surface area contributed by atoms with Gasteiger partial charge in [0.15, 0.2) is 0 Å². The molecule has 1 aromatic rings. The van der Waals surface area contributed by atoms with Crippen molar-refractivity contribution in [2.75, 3.05) is 26.7 Å². The number of hydrogen-bond donors (Lipinski definition) is 2. The van der Waals surface area contributed by atoms with Gasteiger partial charge in [-0.25, -0.2) is 0 Å². The Bertz CT molecular complexity index is 417. The van der Waals surface area contributed by atoms with E-state index in [9.17, 15) is 0 Å². The van der Waals surface area contributed by atoms with Crippen molar-refractivity contribution in [2.45, 2.75) is 51.1 Å². The number of aliphatic hydroxyl groups is 1. The standard InChI is InChI=1S/C18H30N2O/c1-15-7-3-4-10-17(15)18(19-2)11-13-20(12-6-14-21)16-8-5-9-16/h3-4,7,10,16,18-19,21H,5-6,8-9,11-14H2,1-2H3.